The second-order valence-electron chi connectivity index (χ2n) is 3.14. The maximum absolute atomic E-state index is 11.2. The average Bonchev–Trinajstić information content (AvgIpc) is 2.21. The molecule has 0 bridgehead atoms. The van der Waals surface area contributed by atoms with Crippen molar-refractivity contribution in [1.29, 1.82) is 0 Å². The Morgan fingerprint density at radius 3 is 2.44 bits per heavy atom. The molecule has 0 spiro atoms. The van der Waals surface area contributed by atoms with E-state index in [1.807, 2.05) is 19.1 Å². The van der Waals surface area contributed by atoms with Crippen molar-refractivity contribution < 1.29 is 14.7 Å². The molecule has 1 aromatic carbocycles. The number of aryl methyl sites for hydroxylation is 1. The summed E-state index contributed by atoms with van der Waals surface area (Å²) >= 11 is 0. The molecule has 0 heterocycles. The molecule has 0 radical (unpaired) electrons. The van der Waals surface area contributed by atoms with Crippen LogP contribution in [0.2, 0.25) is 0 Å². The lowest BCUT2D eigenvalue weighted by Gasteiger charge is -2.04. The Hall–Kier alpha value is -2.30. The van der Waals surface area contributed by atoms with E-state index in [9.17, 15) is 9.59 Å². The molecule has 0 aliphatic carbocycles. The van der Waals surface area contributed by atoms with Crippen LogP contribution in [0.15, 0.2) is 36.5 Å². The molecule has 3 N–H and O–H groups in total. The summed E-state index contributed by atoms with van der Waals surface area (Å²) in [4.78, 5) is 21.3. The Morgan fingerprint density at radius 2 is 1.88 bits per heavy atom. The number of benzene rings is 1. The van der Waals surface area contributed by atoms with Crippen molar-refractivity contribution in [3.05, 3.63) is 42.1 Å². The Kier molecular flexibility index (Phi) is 4.08. The third-order valence-electron chi connectivity index (χ3n) is 1.75. The van der Waals surface area contributed by atoms with Gasteiger partial charge in [0, 0.05) is 18.0 Å². The zero-order valence-corrected chi connectivity index (χ0v) is 8.73. The molecule has 0 aliphatic rings. The number of urea groups is 1. The zero-order chi connectivity index (χ0) is 12.0. The Labute approximate surface area is 92.8 Å². The van der Waals surface area contributed by atoms with E-state index in [0.717, 1.165) is 17.8 Å². The highest BCUT2D eigenvalue weighted by Gasteiger charge is 1.98. The van der Waals surface area contributed by atoms with E-state index in [1.54, 1.807) is 12.1 Å². The normalized spacial score (nSPS) is 10.1. The van der Waals surface area contributed by atoms with Gasteiger partial charge in [-0.2, -0.15) is 0 Å². The molecule has 84 valence electrons. The van der Waals surface area contributed by atoms with Gasteiger partial charge in [-0.05, 0) is 19.1 Å². The van der Waals surface area contributed by atoms with Crippen LogP contribution in [0.3, 0.4) is 0 Å². The molecule has 0 saturated heterocycles. The monoisotopic (exact) mass is 220 g/mol. The smallest absolute Gasteiger partial charge is 0.329 e. The first-order valence-corrected chi connectivity index (χ1v) is 4.61. The van der Waals surface area contributed by atoms with Gasteiger partial charge in [-0.3, -0.25) is 0 Å². The van der Waals surface area contributed by atoms with Crippen LogP contribution >= 0.6 is 0 Å². The molecule has 0 aliphatic heterocycles. The number of anilines is 1. The lowest BCUT2D eigenvalue weighted by Crippen LogP contribution is -2.24. The van der Waals surface area contributed by atoms with E-state index < -0.39 is 12.0 Å². The highest BCUT2D eigenvalue weighted by molar-refractivity contribution is 5.90. The van der Waals surface area contributed by atoms with Gasteiger partial charge in [0.1, 0.15) is 0 Å². The van der Waals surface area contributed by atoms with Gasteiger partial charge in [-0.15, -0.1) is 0 Å². The second-order valence-corrected chi connectivity index (χ2v) is 3.14. The van der Waals surface area contributed by atoms with Gasteiger partial charge in [-0.25, -0.2) is 9.59 Å². The maximum Gasteiger partial charge on any atom is 0.329 e. The number of nitrogens with one attached hydrogen (secondary N) is 2. The highest BCUT2D eigenvalue weighted by atomic mass is 16.4. The highest BCUT2D eigenvalue weighted by Crippen LogP contribution is 2.07. The standard InChI is InChI=1S/C11H12N2O3/c1-8-2-4-9(5-3-8)13-11(16)12-7-6-10(14)15/h2-7H,1H3,(H,14,15)(H2,12,13,16)/b7-6+. The number of rotatable bonds is 3. The number of carbonyl (C=O) groups excluding carboxylic acids is 1. The molecule has 1 rings (SSSR count). The van der Waals surface area contributed by atoms with Gasteiger partial charge in [0.25, 0.3) is 0 Å². The van der Waals surface area contributed by atoms with Gasteiger partial charge in [-0.1, -0.05) is 17.7 Å². The van der Waals surface area contributed by atoms with E-state index >= 15 is 0 Å². The van der Waals surface area contributed by atoms with Gasteiger partial charge in [0.2, 0.25) is 0 Å². The molecule has 1 aromatic rings. The number of aliphatic carboxylic acids is 1. The van der Waals surface area contributed by atoms with Crippen LogP contribution in [-0.4, -0.2) is 17.1 Å². The van der Waals surface area contributed by atoms with Gasteiger partial charge < -0.3 is 15.7 Å². The molecule has 0 aromatic heterocycles. The van der Waals surface area contributed by atoms with E-state index in [-0.39, 0.29) is 0 Å². The first-order chi connectivity index (χ1) is 7.58. The van der Waals surface area contributed by atoms with Gasteiger partial charge in [0.15, 0.2) is 0 Å². The minimum atomic E-state index is -1.12. The largest absolute Gasteiger partial charge is 0.478 e. The average molecular weight is 220 g/mol. The number of carboxylic acids is 1. The molecule has 0 atom stereocenters. The summed E-state index contributed by atoms with van der Waals surface area (Å²) < 4.78 is 0. The fourth-order valence-electron chi connectivity index (χ4n) is 0.993. The third kappa shape index (κ3) is 4.28. The third-order valence-corrected chi connectivity index (χ3v) is 1.75. The molecule has 0 saturated carbocycles. The van der Waals surface area contributed by atoms with Crippen molar-refractivity contribution in [2.24, 2.45) is 0 Å². The SMILES string of the molecule is Cc1ccc(NC(=O)N/C=C/C(=O)O)cc1. The minimum Gasteiger partial charge on any atom is -0.478 e. The van der Waals surface area contributed by atoms with E-state index in [2.05, 4.69) is 10.6 Å². The van der Waals surface area contributed by atoms with Gasteiger partial charge >= 0.3 is 12.0 Å². The number of carboxylic acid groups (broad SMARTS) is 1. The van der Waals surface area contributed by atoms with Crippen molar-refractivity contribution >= 4 is 17.7 Å². The van der Waals surface area contributed by atoms with Crippen molar-refractivity contribution in [2.75, 3.05) is 5.32 Å². The lowest BCUT2D eigenvalue weighted by atomic mass is 10.2. The summed E-state index contributed by atoms with van der Waals surface area (Å²) in [6.07, 6.45) is 1.90. The second kappa shape index (κ2) is 5.55. The van der Waals surface area contributed by atoms with Crippen LogP contribution in [0.5, 0.6) is 0 Å². The first kappa shape index (κ1) is 11.8. The summed E-state index contributed by atoms with van der Waals surface area (Å²) in [5.74, 6) is -1.12. The van der Waals surface area contributed by atoms with Crippen LogP contribution in [0.1, 0.15) is 5.56 Å². The van der Waals surface area contributed by atoms with E-state index in [0.29, 0.717) is 5.69 Å². The quantitative estimate of drug-likeness (QED) is 0.678. The van der Waals surface area contributed by atoms with Crippen molar-refractivity contribution in [3.8, 4) is 0 Å². The number of amides is 2. The maximum atomic E-state index is 11.2. The van der Waals surface area contributed by atoms with E-state index in [4.69, 9.17) is 5.11 Å². The minimum absolute atomic E-state index is 0.485. The fourth-order valence-corrected chi connectivity index (χ4v) is 0.993. The predicted molar refractivity (Wildman–Crippen MR) is 60.1 cm³/mol. The summed E-state index contributed by atoms with van der Waals surface area (Å²) in [5, 5.41) is 13.1. The van der Waals surface area contributed by atoms with Crippen LogP contribution in [0.25, 0.3) is 0 Å². The molecule has 16 heavy (non-hydrogen) atoms. The molecule has 0 fully saturated rings. The van der Waals surface area contributed by atoms with Crippen molar-refractivity contribution in [2.45, 2.75) is 6.92 Å². The summed E-state index contributed by atoms with van der Waals surface area (Å²) in [5.41, 5.74) is 1.74. The summed E-state index contributed by atoms with van der Waals surface area (Å²) in [7, 11) is 0. The molecular formula is C11H12N2O3. The van der Waals surface area contributed by atoms with Crippen LogP contribution in [0.4, 0.5) is 10.5 Å². The Morgan fingerprint density at radius 1 is 1.25 bits per heavy atom. The van der Waals surface area contributed by atoms with Crippen molar-refractivity contribution in [1.82, 2.24) is 5.32 Å². The van der Waals surface area contributed by atoms with Crippen LogP contribution in [0, 0.1) is 6.92 Å². The zero-order valence-electron chi connectivity index (χ0n) is 8.73. The summed E-state index contributed by atoms with van der Waals surface area (Å²) in [6, 6.07) is 6.76. The lowest BCUT2D eigenvalue weighted by molar-refractivity contribution is -0.131. The number of carbonyl (C=O) groups is 2. The van der Waals surface area contributed by atoms with Crippen molar-refractivity contribution in [3.63, 3.8) is 0 Å². The molecule has 0 unspecified atom stereocenters. The number of hydrogen-bond acceptors (Lipinski definition) is 2. The topological polar surface area (TPSA) is 78.4 Å². The van der Waals surface area contributed by atoms with Crippen LogP contribution < -0.4 is 10.6 Å². The molecular weight excluding hydrogens is 208 g/mol. The summed E-state index contributed by atoms with van der Waals surface area (Å²) in [6.45, 7) is 1.94. The van der Waals surface area contributed by atoms with Gasteiger partial charge in [0.05, 0.1) is 0 Å². The molecule has 5 heteroatoms. The van der Waals surface area contributed by atoms with Crippen LogP contribution in [-0.2, 0) is 4.79 Å². The fraction of sp³-hybridized carbons (Fsp3) is 0.0909. The molecule has 5 nitrogen and oxygen atoms in total. The Balaban J connectivity index is 2.45. The Bertz CT molecular complexity index is 410. The number of hydrogen-bond donors (Lipinski definition) is 3. The predicted octanol–water partition coefficient (Wildman–Crippen LogP) is 1.71. The van der Waals surface area contributed by atoms with E-state index in [1.165, 1.54) is 0 Å². The first-order valence-electron chi connectivity index (χ1n) is 4.61. The molecule has 2 amide bonds.